The lowest BCUT2D eigenvalue weighted by Crippen LogP contribution is -2.31. The second-order valence-corrected chi connectivity index (χ2v) is 6.57. The predicted octanol–water partition coefficient (Wildman–Crippen LogP) is 4.58. The fraction of sp³-hybridized carbons (Fsp3) is 0.400. The number of aromatic nitrogens is 1. The van der Waals surface area contributed by atoms with Gasteiger partial charge in [0.05, 0.1) is 6.04 Å². The largest absolute Gasteiger partial charge is 0.305 e. The Morgan fingerprint density at radius 1 is 1.32 bits per heavy atom. The van der Waals surface area contributed by atoms with Crippen LogP contribution in [-0.4, -0.2) is 11.0 Å². The van der Waals surface area contributed by atoms with Crippen LogP contribution in [0.25, 0.3) is 0 Å². The molecule has 0 amide bonds. The van der Waals surface area contributed by atoms with E-state index in [9.17, 15) is 0 Å². The topological polar surface area (TPSA) is 24.9 Å². The van der Waals surface area contributed by atoms with E-state index in [2.05, 4.69) is 64.3 Å². The molecular formula is C15H19BrN2S. The van der Waals surface area contributed by atoms with Gasteiger partial charge in [-0.05, 0) is 37.5 Å². The molecule has 2 aromatic rings. The Bertz CT molecular complexity index is 481. The molecule has 0 bridgehead atoms. The number of rotatable bonds is 6. The van der Waals surface area contributed by atoms with Gasteiger partial charge in [0.1, 0.15) is 5.01 Å². The molecule has 0 radical (unpaired) electrons. The van der Waals surface area contributed by atoms with Crippen LogP contribution in [0.3, 0.4) is 0 Å². The quantitative estimate of drug-likeness (QED) is 0.833. The van der Waals surface area contributed by atoms with Crippen molar-refractivity contribution in [2.45, 2.75) is 38.8 Å². The maximum Gasteiger partial charge on any atom is 0.109 e. The van der Waals surface area contributed by atoms with Crippen molar-refractivity contribution in [2.75, 3.05) is 0 Å². The number of nitrogens with one attached hydrogen (secondary N) is 1. The SMILES string of the molecule is CCC(NC(C)Cc1ccc(Br)cc1)c1nccs1. The van der Waals surface area contributed by atoms with Gasteiger partial charge in [-0.25, -0.2) is 4.98 Å². The molecule has 2 rings (SSSR count). The van der Waals surface area contributed by atoms with Crippen molar-refractivity contribution in [3.8, 4) is 0 Å². The molecule has 0 aliphatic heterocycles. The first-order chi connectivity index (χ1) is 9.19. The highest BCUT2D eigenvalue weighted by molar-refractivity contribution is 9.10. The zero-order chi connectivity index (χ0) is 13.7. The maximum absolute atomic E-state index is 4.41. The third-order valence-corrected chi connectivity index (χ3v) is 4.52. The van der Waals surface area contributed by atoms with Crippen LogP contribution in [0.15, 0.2) is 40.3 Å². The van der Waals surface area contributed by atoms with Crippen LogP contribution < -0.4 is 5.32 Å². The van der Waals surface area contributed by atoms with E-state index in [0.717, 1.165) is 17.3 Å². The standard InChI is InChI=1S/C15H19BrN2S/c1-3-14(15-17-8-9-19-15)18-11(2)10-12-4-6-13(16)7-5-12/h4-9,11,14,18H,3,10H2,1-2H3. The lowest BCUT2D eigenvalue weighted by atomic mass is 10.1. The Hall–Kier alpha value is -0.710. The smallest absolute Gasteiger partial charge is 0.109 e. The highest BCUT2D eigenvalue weighted by Gasteiger charge is 2.14. The minimum atomic E-state index is 0.366. The monoisotopic (exact) mass is 338 g/mol. The normalized spacial score (nSPS) is 14.3. The van der Waals surface area contributed by atoms with Crippen LogP contribution in [0.2, 0.25) is 0 Å². The molecule has 1 N–H and O–H groups in total. The summed E-state index contributed by atoms with van der Waals surface area (Å²) >= 11 is 5.19. The summed E-state index contributed by atoms with van der Waals surface area (Å²) in [5, 5.41) is 6.89. The molecule has 1 aromatic heterocycles. The molecule has 1 heterocycles. The van der Waals surface area contributed by atoms with Gasteiger partial charge in [-0.15, -0.1) is 11.3 Å². The summed E-state index contributed by atoms with van der Waals surface area (Å²) in [6.07, 6.45) is 3.98. The van der Waals surface area contributed by atoms with E-state index in [1.54, 1.807) is 11.3 Å². The number of halogens is 1. The van der Waals surface area contributed by atoms with Crippen molar-refractivity contribution in [3.05, 3.63) is 50.9 Å². The molecule has 2 atom stereocenters. The summed E-state index contributed by atoms with van der Waals surface area (Å²) in [6.45, 7) is 4.43. The molecule has 0 aliphatic rings. The number of hydrogen-bond acceptors (Lipinski definition) is 3. The molecule has 19 heavy (non-hydrogen) atoms. The Labute approximate surface area is 127 Å². The third kappa shape index (κ3) is 4.41. The van der Waals surface area contributed by atoms with Crippen molar-refractivity contribution in [2.24, 2.45) is 0 Å². The zero-order valence-corrected chi connectivity index (χ0v) is 13.7. The molecule has 0 fully saturated rings. The molecule has 2 unspecified atom stereocenters. The average Bonchev–Trinajstić information content (AvgIpc) is 2.92. The van der Waals surface area contributed by atoms with Crippen LogP contribution in [0.1, 0.15) is 36.9 Å². The minimum Gasteiger partial charge on any atom is -0.305 e. The Balaban J connectivity index is 1.93. The zero-order valence-electron chi connectivity index (χ0n) is 11.3. The maximum atomic E-state index is 4.41. The highest BCUT2D eigenvalue weighted by Crippen LogP contribution is 2.20. The van der Waals surface area contributed by atoms with Crippen molar-refractivity contribution in [1.82, 2.24) is 10.3 Å². The summed E-state index contributed by atoms with van der Waals surface area (Å²) in [4.78, 5) is 4.41. The van der Waals surface area contributed by atoms with Gasteiger partial charge < -0.3 is 5.32 Å². The Morgan fingerprint density at radius 2 is 2.05 bits per heavy atom. The fourth-order valence-corrected chi connectivity index (χ4v) is 3.19. The van der Waals surface area contributed by atoms with E-state index in [4.69, 9.17) is 0 Å². The lowest BCUT2D eigenvalue weighted by Gasteiger charge is -2.20. The summed E-state index contributed by atoms with van der Waals surface area (Å²) < 4.78 is 1.13. The van der Waals surface area contributed by atoms with Crippen molar-refractivity contribution < 1.29 is 0 Å². The first-order valence-electron chi connectivity index (χ1n) is 6.59. The second kappa shape index (κ2) is 7.17. The van der Waals surface area contributed by atoms with Gasteiger partial charge >= 0.3 is 0 Å². The van der Waals surface area contributed by atoms with E-state index >= 15 is 0 Å². The van der Waals surface area contributed by atoms with Crippen molar-refractivity contribution >= 4 is 27.3 Å². The molecule has 4 heteroatoms. The number of thiazole rings is 1. The molecule has 0 saturated heterocycles. The van der Waals surface area contributed by atoms with Gasteiger partial charge in [0.2, 0.25) is 0 Å². The average molecular weight is 339 g/mol. The summed E-state index contributed by atoms with van der Waals surface area (Å²) in [5.41, 5.74) is 1.36. The molecule has 2 nitrogen and oxygen atoms in total. The first kappa shape index (κ1) is 14.7. The number of benzene rings is 1. The van der Waals surface area contributed by atoms with E-state index in [1.807, 2.05) is 11.6 Å². The fourth-order valence-electron chi connectivity index (χ4n) is 2.15. The molecule has 1 aromatic carbocycles. The first-order valence-corrected chi connectivity index (χ1v) is 8.26. The predicted molar refractivity (Wildman–Crippen MR) is 85.6 cm³/mol. The number of nitrogens with zero attached hydrogens (tertiary/aromatic N) is 1. The van der Waals surface area contributed by atoms with Gasteiger partial charge in [-0.1, -0.05) is 35.0 Å². The van der Waals surface area contributed by atoms with Crippen LogP contribution in [-0.2, 0) is 6.42 Å². The Morgan fingerprint density at radius 3 is 2.63 bits per heavy atom. The lowest BCUT2D eigenvalue weighted by molar-refractivity contribution is 0.442. The molecular weight excluding hydrogens is 320 g/mol. The summed E-state index contributed by atoms with van der Waals surface area (Å²) in [5.74, 6) is 0. The van der Waals surface area contributed by atoms with Gasteiger partial charge in [-0.3, -0.25) is 0 Å². The van der Waals surface area contributed by atoms with E-state index in [0.29, 0.717) is 12.1 Å². The Kier molecular flexibility index (Phi) is 5.55. The van der Waals surface area contributed by atoms with E-state index in [1.165, 1.54) is 10.6 Å². The molecule has 102 valence electrons. The van der Waals surface area contributed by atoms with Gasteiger partial charge in [-0.2, -0.15) is 0 Å². The third-order valence-electron chi connectivity index (χ3n) is 3.10. The molecule has 0 spiro atoms. The molecule has 0 aliphatic carbocycles. The van der Waals surface area contributed by atoms with Crippen LogP contribution in [0.5, 0.6) is 0 Å². The highest BCUT2D eigenvalue weighted by atomic mass is 79.9. The second-order valence-electron chi connectivity index (χ2n) is 4.73. The van der Waals surface area contributed by atoms with Gasteiger partial charge in [0, 0.05) is 22.1 Å². The van der Waals surface area contributed by atoms with E-state index in [-0.39, 0.29) is 0 Å². The van der Waals surface area contributed by atoms with Gasteiger partial charge in [0.15, 0.2) is 0 Å². The van der Waals surface area contributed by atoms with Crippen LogP contribution in [0.4, 0.5) is 0 Å². The van der Waals surface area contributed by atoms with Crippen LogP contribution in [0, 0.1) is 0 Å². The van der Waals surface area contributed by atoms with E-state index < -0.39 is 0 Å². The summed E-state index contributed by atoms with van der Waals surface area (Å²) in [6, 6.07) is 9.35. The molecule has 0 saturated carbocycles. The minimum absolute atomic E-state index is 0.366. The van der Waals surface area contributed by atoms with Crippen molar-refractivity contribution in [1.29, 1.82) is 0 Å². The van der Waals surface area contributed by atoms with Crippen molar-refractivity contribution in [3.63, 3.8) is 0 Å². The van der Waals surface area contributed by atoms with Crippen LogP contribution >= 0.6 is 27.3 Å². The number of hydrogen-bond donors (Lipinski definition) is 1. The summed E-state index contributed by atoms with van der Waals surface area (Å²) in [7, 11) is 0. The van der Waals surface area contributed by atoms with Gasteiger partial charge in [0.25, 0.3) is 0 Å².